The van der Waals surface area contributed by atoms with Gasteiger partial charge in [0.2, 0.25) is 5.91 Å². The zero-order valence-corrected chi connectivity index (χ0v) is 18.4. The summed E-state index contributed by atoms with van der Waals surface area (Å²) in [6.07, 6.45) is 1.81. The Morgan fingerprint density at radius 3 is 2.33 bits per heavy atom. The van der Waals surface area contributed by atoms with E-state index in [1.807, 2.05) is 36.4 Å². The van der Waals surface area contributed by atoms with Gasteiger partial charge in [0.1, 0.15) is 5.75 Å². The summed E-state index contributed by atoms with van der Waals surface area (Å²) in [5, 5.41) is 6.92. The molecule has 0 aromatic heterocycles. The number of halogens is 3. The van der Waals surface area contributed by atoms with Crippen molar-refractivity contribution in [3.05, 3.63) is 87.4 Å². The summed E-state index contributed by atoms with van der Waals surface area (Å²) in [6, 6.07) is 20.7. The number of anilines is 2. The number of carbonyl (C=O) groups excluding carboxylic acids is 1. The van der Waals surface area contributed by atoms with E-state index in [0.29, 0.717) is 38.8 Å². The van der Waals surface area contributed by atoms with E-state index < -0.39 is 0 Å². The zero-order chi connectivity index (χ0) is 21.3. The smallest absolute Gasteiger partial charge is 0.243 e. The molecule has 0 fully saturated rings. The van der Waals surface area contributed by atoms with Crippen LogP contribution >= 0.6 is 34.8 Å². The summed E-state index contributed by atoms with van der Waals surface area (Å²) in [5.41, 5.74) is 2.42. The predicted octanol–water partition coefficient (Wildman–Crippen LogP) is 6.71. The van der Waals surface area contributed by atoms with E-state index in [2.05, 4.69) is 22.8 Å². The SMILES string of the molecule is O=C(CNc1cc(Cl)c(Cl)cc1Cl)Nc1ccccc1OCCCc1ccccc1. The van der Waals surface area contributed by atoms with Gasteiger partial charge in [-0.05, 0) is 42.7 Å². The number of hydrogen-bond acceptors (Lipinski definition) is 3. The summed E-state index contributed by atoms with van der Waals surface area (Å²) in [4.78, 5) is 12.4. The van der Waals surface area contributed by atoms with Crippen molar-refractivity contribution in [3.8, 4) is 5.75 Å². The Morgan fingerprint density at radius 2 is 1.53 bits per heavy atom. The highest BCUT2D eigenvalue weighted by Gasteiger charge is 2.10. The van der Waals surface area contributed by atoms with E-state index in [4.69, 9.17) is 39.5 Å². The van der Waals surface area contributed by atoms with E-state index in [9.17, 15) is 4.79 Å². The lowest BCUT2D eigenvalue weighted by Crippen LogP contribution is -2.22. The van der Waals surface area contributed by atoms with E-state index in [-0.39, 0.29) is 12.5 Å². The lowest BCUT2D eigenvalue weighted by Gasteiger charge is -2.14. The molecule has 0 aliphatic carbocycles. The van der Waals surface area contributed by atoms with Crippen LogP contribution in [0.4, 0.5) is 11.4 Å². The highest BCUT2D eigenvalue weighted by molar-refractivity contribution is 6.44. The van der Waals surface area contributed by atoms with Gasteiger partial charge in [0.15, 0.2) is 0 Å². The first-order valence-electron chi connectivity index (χ1n) is 9.47. The number of benzene rings is 3. The number of amides is 1. The fourth-order valence-electron chi connectivity index (χ4n) is 2.83. The quantitative estimate of drug-likeness (QED) is 0.274. The fourth-order valence-corrected chi connectivity index (χ4v) is 3.44. The van der Waals surface area contributed by atoms with Crippen LogP contribution in [-0.2, 0) is 11.2 Å². The molecule has 0 bridgehead atoms. The van der Waals surface area contributed by atoms with Gasteiger partial charge in [-0.25, -0.2) is 0 Å². The van der Waals surface area contributed by atoms with Crippen molar-refractivity contribution in [1.82, 2.24) is 0 Å². The van der Waals surface area contributed by atoms with Gasteiger partial charge in [0, 0.05) is 0 Å². The molecule has 30 heavy (non-hydrogen) atoms. The number of carbonyl (C=O) groups is 1. The Morgan fingerprint density at radius 1 is 0.833 bits per heavy atom. The Balaban J connectivity index is 1.51. The van der Waals surface area contributed by atoms with Crippen LogP contribution in [-0.4, -0.2) is 19.1 Å². The molecule has 0 aliphatic rings. The minimum Gasteiger partial charge on any atom is -0.491 e. The van der Waals surface area contributed by atoms with Gasteiger partial charge in [-0.1, -0.05) is 77.3 Å². The lowest BCUT2D eigenvalue weighted by molar-refractivity contribution is -0.114. The topological polar surface area (TPSA) is 50.4 Å². The summed E-state index contributed by atoms with van der Waals surface area (Å²) in [6.45, 7) is 0.568. The molecule has 2 N–H and O–H groups in total. The van der Waals surface area contributed by atoms with Gasteiger partial charge in [0.05, 0.1) is 39.6 Å². The average molecular weight is 464 g/mol. The summed E-state index contributed by atoms with van der Waals surface area (Å²) < 4.78 is 5.88. The Bertz CT molecular complexity index is 997. The molecule has 0 unspecified atom stereocenters. The van der Waals surface area contributed by atoms with Gasteiger partial charge >= 0.3 is 0 Å². The first kappa shape index (κ1) is 22.3. The standard InChI is InChI=1S/C23H21Cl3N2O2/c24-17-13-19(26)21(14-18(17)25)27-15-23(29)28-20-10-4-5-11-22(20)30-12-6-9-16-7-2-1-3-8-16/h1-5,7-8,10-11,13-14,27H,6,9,12,15H2,(H,28,29). The van der Waals surface area contributed by atoms with Crippen LogP contribution in [0, 0.1) is 0 Å². The normalized spacial score (nSPS) is 10.5. The molecule has 0 heterocycles. The molecule has 7 heteroatoms. The zero-order valence-electron chi connectivity index (χ0n) is 16.1. The van der Waals surface area contributed by atoms with Gasteiger partial charge in [-0.2, -0.15) is 0 Å². The van der Waals surface area contributed by atoms with Crippen LogP contribution in [0.3, 0.4) is 0 Å². The van der Waals surface area contributed by atoms with E-state index in [0.717, 1.165) is 12.8 Å². The van der Waals surface area contributed by atoms with Crippen molar-refractivity contribution < 1.29 is 9.53 Å². The van der Waals surface area contributed by atoms with Crippen molar-refractivity contribution >= 4 is 52.1 Å². The molecule has 0 radical (unpaired) electrons. The largest absolute Gasteiger partial charge is 0.491 e. The first-order chi connectivity index (χ1) is 14.5. The molecule has 1 amide bonds. The number of para-hydroxylation sites is 2. The molecule has 3 aromatic carbocycles. The first-order valence-corrected chi connectivity index (χ1v) is 10.6. The third-order valence-electron chi connectivity index (χ3n) is 4.32. The molecule has 0 saturated carbocycles. The third kappa shape index (κ3) is 6.56. The molecule has 0 atom stereocenters. The van der Waals surface area contributed by atoms with Crippen molar-refractivity contribution in [2.45, 2.75) is 12.8 Å². The molecule has 4 nitrogen and oxygen atoms in total. The number of aryl methyl sites for hydroxylation is 1. The second-order valence-corrected chi connectivity index (χ2v) is 7.80. The van der Waals surface area contributed by atoms with Crippen LogP contribution in [0.25, 0.3) is 0 Å². The molecule has 0 spiro atoms. The average Bonchev–Trinajstić information content (AvgIpc) is 2.74. The molecule has 0 aliphatic heterocycles. The third-order valence-corrected chi connectivity index (χ3v) is 5.36. The van der Waals surface area contributed by atoms with Crippen molar-refractivity contribution in [3.63, 3.8) is 0 Å². The van der Waals surface area contributed by atoms with Gasteiger partial charge in [-0.3, -0.25) is 4.79 Å². The molecule has 3 aromatic rings. The number of ether oxygens (including phenoxy) is 1. The van der Waals surface area contributed by atoms with Crippen molar-refractivity contribution in [2.24, 2.45) is 0 Å². The second-order valence-electron chi connectivity index (χ2n) is 6.58. The van der Waals surface area contributed by atoms with Gasteiger partial charge < -0.3 is 15.4 Å². The minimum absolute atomic E-state index is 0.0139. The van der Waals surface area contributed by atoms with Gasteiger partial charge in [0.25, 0.3) is 0 Å². The predicted molar refractivity (Wildman–Crippen MR) is 125 cm³/mol. The van der Waals surface area contributed by atoms with E-state index in [1.54, 1.807) is 12.1 Å². The summed E-state index contributed by atoms with van der Waals surface area (Å²) in [5.74, 6) is 0.393. The van der Waals surface area contributed by atoms with Gasteiger partial charge in [-0.15, -0.1) is 0 Å². The molecule has 0 saturated heterocycles. The maximum absolute atomic E-state index is 12.4. The minimum atomic E-state index is -0.238. The maximum Gasteiger partial charge on any atom is 0.243 e. The monoisotopic (exact) mass is 462 g/mol. The fraction of sp³-hybridized carbons (Fsp3) is 0.174. The Labute approximate surface area is 191 Å². The highest BCUT2D eigenvalue weighted by atomic mass is 35.5. The summed E-state index contributed by atoms with van der Waals surface area (Å²) in [7, 11) is 0. The van der Waals surface area contributed by atoms with Crippen LogP contribution in [0.2, 0.25) is 15.1 Å². The molecular weight excluding hydrogens is 443 g/mol. The number of nitrogens with one attached hydrogen (secondary N) is 2. The summed E-state index contributed by atoms with van der Waals surface area (Å²) >= 11 is 18.1. The number of hydrogen-bond donors (Lipinski definition) is 2. The van der Waals surface area contributed by atoms with Crippen LogP contribution < -0.4 is 15.4 Å². The Kier molecular flexibility index (Phi) is 8.26. The van der Waals surface area contributed by atoms with Crippen LogP contribution in [0.15, 0.2) is 66.7 Å². The van der Waals surface area contributed by atoms with Crippen molar-refractivity contribution in [2.75, 3.05) is 23.8 Å². The highest BCUT2D eigenvalue weighted by Crippen LogP contribution is 2.32. The molecule has 156 valence electrons. The van der Waals surface area contributed by atoms with Crippen LogP contribution in [0.5, 0.6) is 5.75 Å². The second kappa shape index (κ2) is 11.1. The van der Waals surface area contributed by atoms with E-state index in [1.165, 1.54) is 11.6 Å². The van der Waals surface area contributed by atoms with Crippen LogP contribution in [0.1, 0.15) is 12.0 Å². The maximum atomic E-state index is 12.4. The van der Waals surface area contributed by atoms with Crippen molar-refractivity contribution in [1.29, 1.82) is 0 Å². The Hall–Kier alpha value is -2.40. The van der Waals surface area contributed by atoms with E-state index >= 15 is 0 Å². The lowest BCUT2D eigenvalue weighted by atomic mass is 10.1. The molecule has 3 rings (SSSR count). The molecular formula is C23H21Cl3N2O2. The number of rotatable bonds is 9.